The van der Waals surface area contributed by atoms with E-state index in [1.165, 1.54) is 0 Å². The monoisotopic (exact) mass is 421 g/mol. The summed E-state index contributed by atoms with van der Waals surface area (Å²) in [6, 6.07) is 6.45. The molecule has 1 amide bonds. The van der Waals surface area contributed by atoms with Crippen molar-refractivity contribution in [2.75, 3.05) is 11.9 Å². The molecule has 0 aliphatic heterocycles. The maximum absolute atomic E-state index is 13.1. The largest absolute Gasteiger partial charge is 0.361 e. The van der Waals surface area contributed by atoms with Crippen LogP contribution in [0.1, 0.15) is 17.7 Å². The number of anilines is 1. The summed E-state index contributed by atoms with van der Waals surface area (Å²) in [6.45, 7) is 11.9. The fourth-order valence-electron chi connectivity index (χ4n) is 3.07. The van der Waals surface area contributed by atoms with Crippen LogP contribution in [0.25, 0.3) is 11.4 Å². The molecule has 1 aromatic carbocycles. The number of aryl methyl sites for hydroxylation is 2. The van der Waals surface area contributed by atoms with Crippen LogP contribution >= 0.6 is 0 Å². The van der Waals surface area contributed by atoms with Crippen molar-refractivity contribution in [3.63, 3.8) is 0 Å². The molecule has 1 heterocycles. The highest BCUT2D eigenvalue weighted by molar-refractivity contribution is 6.76. The zero-order valence-electron chi connectivity index (χ0n) is 17.7. The lowest BCUT2D eigenvalue weighted by Gasteiger charge is -2.16. The summed E-state index contributed by atoms with van der Waals surface area (Å²) >= 11 is 0. The zero-order valence-corrected chi connectivity index (χ0v) is 18.7. The van der Waals surface area contributed by atoms with Gasteiger partial charge in [-0.3, -0.25) is 4.79 Å². The second kappa shape index (κ2) is 7.99. The van der Waals surface area contributed by atoms with Gasteiger partial charge < -0.3 is 14.6 Å². The Labute approximate surface area is 171 Å². The molecule has 0 bridgehead atoms. The number of halogens is 2. The first-order chi connectivity index (χ1) is 13.5. The van der Waals surface area contributed by atoms with Gasteiger partial charge in [0.2, 0.25) is 5.91 Å². The average Bonchev–Trinajstić information content (AvgIpc) is 3.09. The SMILES string of the molecule is Cc1cn(COCC[Si](C)(C)C)c(-c2cc(NC(=O)[C@@H]3CC3(F)F)ccc2C)n1. The van der Waals surface area contributed by atoms with Gasteiger partial charge in [-0.2, -0.15) is 0 Å². The number of rotatable bonds is 8. The maximum atomic E-state index is 13.1. The van der Waals surface area contributed by atoms with E-state index >= 15 is 0 Å². The number of nitrogens with one attached hydrogen (secondary N) is 1. The molecular weight excluding hydrogens is 392 g/mol. The Kier molecular flexibility index (Phi) is 5.96. The van der Waals surface area contributed by atoms with Crippen LogP contribution in [0.15, 0.2) is 24.4 Å². The van der Waals surface area contributed by atoms with Gasteiger partial charge in [0.1, 0.15) is 18.5 Å². The molecule has 1 fully saturated rings. The number of carbonyl (C=O) groups is 1. The van der Waals surface area contributed by atoms with E-state index in [2.05, 4.69) is 29.9 Å². The second-order valence-electron chi connectivity index (χ2n) is 9.06. The normalized spacial score (nSPS) is 18.0. The van der Waals surface area contributed by atoms with Gasteiger partial charge in [0.05, 0.1) is 5.69 Å². The summed E-state index contributed by atoms with van der Waals surface area (Å²) in [5.74, 6) is -4.01. The molecule has 158 valence electrons. The topological polar surface area (TPSA) is 56.1 Å². The van der Waals surface area contributed by atoms with Crippen LogP contribution in [0.3, 0.4) is 0 Å². The van der Waals surface area contributed by atoms with Crippen LogP contribution in [-0.4, -0.2) is 36.1 Å². The van der Waals surface area contributed by atoms with E-state index in [-0.39, 0.29) is 6.42 Å². The molecule has 1 saturated carbocycles. The Balaban J connectivity index is 1.75. The van der Waals surface area contributed by atoms with Gasteiger partial charge in [0, 0.05) is 38.5 Å². The van der Waals surface area contributed by atoms with Gasteiger partial charge in [-0.05, 0) is 37.6 Å². The van der Waals surface area contributed by atoms with Gasteiger partial charge in [-0.25, -0.2) is 13.8 Å². The number of hydrogen-bond acceptors (Lipinski definition) is 3. The second-order valence-corrected chi connectivity index (χ2v) is 14.7. The van der Waals surface area contributed by atoms with Crippen LogP contribution in [0, 0.1) is 19.8 Å². The number of nitrogens with zero attached hydrogens (tertiary/aromatic N) is 2. The van der Waals surface area contributed by atoms with E-state index in [9.17, 15) is 13.6 Å². The number of amides is 1. The number of ether oxygens (including phenoxy) is 1. The Morgan fingerprint density at radius 1 is 1.34 bits per heavy atom. The molecule has 8 heteroatoms. The third-order valence-corrected chi connectivity index (χ3v) is 6.72. The molecule has 3 rings (SSSR count). The first-order valence-corrected chi connectivity index (χ1v) is 13.6. The average molecular weight is 422 g/mol. The highest BCUT2D eigenvalue weighted by atomic mass is 28.3. The summed E-state index contributed by atoms with van der Waals surface area (Å²) in [4.78, 5) is 16.6. The quantitative estimate of drug-likeness (QED) is 0.478. The van der Waals surface area contributed by atoms with Crippen molar-refractivity contribution >= 4 is 19.7 Å². The maximum Gasteiger partial charge on any atom is 0.260 e. The van der Waals surface area contributed by atoms with E-state index < -0.39 is 25.8 Å². The van der Waals surface area contributed by atoms with Gasteiger partial charge in [0.25, 0.3) is 5.92 Å². The lowest BCUT2D eigenvalue weighted by Crippen LogP contribution is -2.22. The summed E-state index contributed by atoms with van der Waals surface area (Å²) in [6.07, 6.45) is 1.55. The number of hydrogen-bond donors (Lipinski definition) is 1. The molecular formula is C21H29F2N3O2Si. The van der Waals surface area contributed by atoms with Gasteiger partial charge in [-0.1, -0.05) is 25.7 Å². The molecule has 1 aliphatic rings. The molecule has 5 nitrogen and oxygen atoms in total. The predicted molar refractivity (Wildman–Crippen MR) is 113 cm³/mol. The minimum Gasteiger partial charge on any atom is -0.361 e. The van der Waals surface area contributed by atoms with E-state index in [1.54, 1.807) is 12.1 Å². The Morgan fingerprint density at radius 3 is 2.66 bits per heavy atom. The lowest BCUT2D eigenvalue weighted by molar-refractivity contribution is -0.119. The Bertz CT molecular complexity index is 906. The number of alkyl halides is 2. The standard InChI is InChI=1S/C21H29F2N3O2Si/c1-14-6-7-16(25-20(27)18-11-21(18,22)23)10-17(14)19-24-15(2)12-26(19)13-28-8-9-29(3,4)5/h6-7,10,12,18H,8-9,11,13H2,1-5H3,(H,25,27)/t18-/m0/s1. The van der Waals surface area contributed by atoms with Crippen LogP contribution in [0.5, 0.6) is 0 Å². The van der Waals surface area contributed by atoms with E-state index in [0.29, 0.717) is 19.0 Å². The number of benzene rings is 1. The highest BCUT2D eigenvalue weighted by Crippen LogP contribution is 2.49. The Morgan fingerprint density at radius 2 is 2.03 bits per heavy atom. The van der Waals surface area contributed by atoms with Crippen LogP contribution < -0.4 is 5.32 Å². The van der Waals surface area contributed by atoms with Crippen molar-refractivity contribution in [1.29, 1.82) is 0 Å². The minimum absolute atomic E-state index is 0.379. The summed E-state index contributed by atoms with van der Waals surface area (Å²) in [7, 11) is -1.16. The van der Waals surface area contributed by atoms with Crippen LogP contribution in [0.4, 0.5) is 14.5 Å². The molecule has 1 atom stereocenters. The molecule has 2 aromatic rings. The first kappa shape index (κ1) is 21.6. The predicted octanol–water partition coefficient (Wildman–Crippen LogP) is 5.07. The smallest absolute Gasteiger partial charge is 0.260 e. The van der Waals surface area contributed by atoms with Gasteiger partial charge in [-0.15, -0.1) is 0 Å². The van der Waals surface area contributed by atoms with Crippen molar-refractivity contribution in [1.82, 2.24) is 9.55 Å². The molecule has 0 saturated heterocycles. The number of carbonyl (C=O) groups excluding carboxylic acids is 1. The lowest BCUT2D eigenvalue weighted by atomic mass is 10.1. The van der Waals surface area contributed by atoms with Crippen molar-refractivity contribution < 1.29 is 18.3 Å². The fraction of sp³-hybridized carbons (Fsp3) is 0.524. The Hall–Kier alpha value is -2.06. The number of aromatic nitrogens is 2. The first-order valence-electron chi connectivity index (χ1n) is 9.87. The molecule has 1 aliphatic carbocycles. The molecule has 1 N–H and O–H groups in total. The van der Waals surface area contributed by atoms with Crippen molar-refractivity contribution in [2.45, 2.75) is 58.6 Å². The summed E-state index contributed by atoms with van der Waals surface area (Å²) in [5.41, 5.74) is 3.17. The molecule has 0 spiro atoms. The van der Waals surface area contributed by atoms with Gasteiger partial charge in [0.15, 0.2) is 0 Å². The van der Waals surface area contributed by atoms with Crippen LogP contribution in [0.2, 0.25) is 25.7 Å². The fourth-order valence-corrected chi connectivity index (χ4v) is 3.83. The molecule has 0 radical (unpaired) electrons. The molecule has 29 heavy (non-hydrogen) atoms. The van der Waals surface area contributed by atoms with Gasteiger partial charge >= 0.3 is 0 Å². The third kappa shape index (κ3) is 5.51. The molecule has 0 unspecified atom stereocenters. The van der Waals surface area contributed by atoms with Crippen molar-refractivity contribution in [3.05, 3.63) is 35.7 Å². The zero-order chi connectivity index (χ0) is 21.4. The van der Waals surface area contributed by atoms with Crippen molar-refractivity contribution in [2.24, 2.45) is 5.92 Å². The van der Waals surface area contributed by atoms with Crippen molar-refractivity contribution in [3.8, 4) is 11.4 Å². The highest BCUT2D eigenvalue weighted by Gasteiger charge is 2.61. The van der Waals surface area contributed by atoms with Crippen LogP contribution in [-0.2, 0) is 16.3 Å². The molecule has 1 aromatic heterocycles. The van der Waals surface area contributed by atoms with E-state index in [4.69, 9.17) is 4.74 Å². The summed E-state index contributed by atoms with van der Waals surface area (Å²) < 4.78 is 34.1. The summed E-state index contributed by atoms with van der Waals surface area (Å²) in [5, 5.41) is 2.61. The minimum atomic E-state index is -2.88. The third-order valence-electron chi connectivity index (χ3n) is 5.01. The van der Waals surface area contributed by atoms with E-state index in [1.807, 2.05) is 30.7 Å². The number of imidazole rings is 1. The van der Waals surface area contributed by atoms with E-state index in [0.717, 1.165) is 28.7 Å².